The Morgan fingerprint density at radius 1 is 1.41 bits per heavy atom. The number of hydrogen-bond acceptors (Lipinski definition) is 2. The maximum atomic E-state index is 13.8. The average molecular weight is 344 g/mol. The van der Waals surface area contributed by atoms with Crippen LogP contribution in [0.1, 0.15) is 10.9 Å². The van der Waals surface area contributed by atoms with E-state index in [9.17, 15) is 4.39 Å². The van der Waals surface area contributed by atoms with E-state index < -0.39 is 11.2 Å². The summed E-state index contributed by atoms with van der Waals surface area (Å²) < 4.78 is 25.0. The number of halogens is 4. The molecule has 0 N–H and O–H groups in total. The van der Waals surface area contributed by atoms with E-state index in [2.05, 4.69) is 15.9 Å². The first-order chi connectivity index (χ1) is 8.09. The van der Waals surface area contributed by atoms with Crippen molar-refractivity contribution in [3.8, 4) is 0 Å². The molecule has 1 heterocycles. The van der Waals surface area contributed by atoms with Gasteiger partial charge in [0.05, 0.1) is 30.2 Å². The maximum Gasteiger partial charge on any atom is 0.129 e. The lowest BCUT2D eigenvalue weighted by atomic mass is 10.1. The Morgan fingerprint density at radius 2 is 2.18 bits per heavy atom. The largest absolute Gasteiger partial charge is 0.376 e. The van der Waals surface area contributed by atoms with Gasteiger partial charge in [-0.15, -0.1) is 11.6 Å². The second-order valence-electron chi connectivity index (χ2n) is 3.67. The molecule has 17 heavy (non-hydrogen) atoms. The van der Waals surface area contributed by atoms with Crippen molar-refractivity contribution in [2.45, 2.75) is 11.5 Å². The van der Waals surface area contributed by atoms with E-state index in [1.807, 2.05) is 0 Å². The number of hydrogen-bond donors (Lipinski definition) is 0. The van der Waals surface area contributed by atoms with Gasteiger partial charge < -0.3 is 9.47 Å². The predicted molar refractivity (Wildman–Crippen MR) is 68.3 cm³/mol. The quantitative estimate of drug-likeness (QED) is 0.598. The molecule has 0 amide bonds. The molecule has 0 aromatic heterocycles. The monoisotopic (exact) mass is 342 g/mol. The lowest BCUT2D eigenvalue weighted by molar-refractivity contribution is -0.0894. The normalized spacial score (nSPS) is 22.5. The summed E-state index contributed by atoms with van der Waals surface area (Å²) in [5.74, 6) is -0.407. The summed E-state index contributed by atoms with van der Waals surface area (Å²) >= 11 is 15.3. The van der Waals surface area contributed by atoms with Crippen LogP contribution in [0.4, 0.5) is 4.39 Å². The Bertz CT molecular complexity index is 411. The molecule has 1 aliphatic heterocycles. The van der Waals surface area contributed by atoms with Gasteiger partial charge in [0.1, 0.15) is 11.9 Å². The zero-order chi connectivity index (χ0) is 12.4. The number of ether oxygens (including phenoxy) is 2. The molecular weight excluding hydrogens is 334 g/mol. The molecule has 1 aromatic carbocycles. The van der Waals surface area contributed by atoms with Gasteiger partial charge in [-0.1, -0.05) is 11.6 Å². The van der Waals surface area contributed by atoms with Crippen LogP contribution in [0.15, 0.2) is 16.6 Å². The van der Waals surface area contributed by atoms with Crippen molar-refractivity contribution in [3.05, 3.63) is 33.0 Å². The smallest absolute Gasteiger partial charge is 0.129 e. The van der Waals surface area contributed by atoms with Crippen LogP contribution < -0.4 is 0 Å². The van der Waals surface area contributed by atoms with Crippen LogP contribution in [0.25, 0.3) is 0 Å². The summed E-state index contributed by atoms with van der Waals surface area (Å²) in [6.07, 6.45) is -0.350. The third-order valence-corrected chi connectivity index (χ3v) is 4.22. The standard InChI is InChI=1S/C11H10BrCl2FO2/c12-7-4-9(15)6(3-8(7)13)11(14)10-5-16-1-2-17-10/h3-4,10-11H,1-2,5H2. The van der Waals surface area contributed by atoms with Crippen molar-refractivity contribution in [2.24, 2.45) is 0 Å². The van der Waals surface area contributed by atoms with E-state index in [-0.39, 0.29) is 6.10 Å². The summed E-state index contributed by atoms with van der Waals surface area (Å²) in [5.41, 5.74) is 0.329. The van der Waals surface area contributed by atoms with Crippen LogP contribution in [0.3, 0.4) is 0 Å². The van der Waals surface area contributed by atoms with Crippen molar-refractivity contribution in [2.75, 3.05) is 19.8 Å². The highest BCUT2D eigenvalue weighted by atomic mass is 79.9. The molecule has 0 saturated carbocycles. The lowest BCUT2D eigenvalue weighted by Gasteiger charge is -2.27. The molecule has 6 heteroatoms. The first-order valence-electron chi connectivity index (χ1n) is 5.07. The Labute approximate surface area is 117 Å². The number of alkyl halides is 1. The van der Waals surface area contributed by atoms with Gasteiger partial charge >= 0.3 is 0 Å². The lowest BCUT2D eigenvalue weighted by Crippen LogP contribution is -2.32. The first kappa shape index (κ1) is 13.6. The molecule has 0 spiro atoms. The molecule has 1 fully saturated rings. The molecule has 0 radical (unpaired) electrons. The Kier molecular flexibility index (Phi) is 4.66. The van der Waals surface area contributed by atoms with E-state index in [1.54, 1.807) is 0 Å². The van der Waals surface area contributed by atoms with E-state index in [1.165, 1.54) is 12.1 Å². The molecule has 2 rings (SSSR count). The predicted octanol–water partition coefficient (Wildman–Crippen LogP) is 3.94. The molecule has 94 valence electrons. The van der Waals surface area contributed by atoms with Gasteiger partial charge in [-0.2, -0.15) is 0 Å². The minimum Gasteiger partial charge on any atom is -0.376 e. The van der Waals surface area contributed by atoms with Gasteiger partial charge in [0.15, 0.2) is 0 Å². The van der Waals surface area contributed by atoms with Gasteiger partial charge in [-0.05, 0) is 28.1 Å². The van der Waals surface area contributed by atoms with Crippen molar-refractivity contribution in [1.29, 1.82) is 0 Å². The fraction of sp³-hybridized carbons (Fsp3) is 0.455. The second-order valence-corrected chi connectivity index (χ2v) is 5.41. The summed E-state index contributed by atoms with van der Waals surface area (Å²) in [6, 6.07) is 2.81. The SMILES string of the molecule is Fc1cc(Br)c(Cl)cc1C(Cl)C1COCCO1. The minimum absolute atomic E-state index is 0.329. The topological polar surface area (TPSA) is 18.5 Å². The van der Waals surface area contributed by atoms with Crippen LogP contribution >= 0.6 is 39.1 Å². The minimum atomic E-state index is -0.610. The summed E-state index contributed by atoms with van der Waals surface area (Å²) in [7, 11) is 0. The third kappa shape index (κ3) is 3.12. The van der Waals surface area contributed by atoms with Crippen molar-refractivity contribution in [1.82, 2.24) is 0 Å². The van der Waals surface area contributed by atoms with E-state index >= 15 is 0 Å². The summed E-state index contributed by atoms with van der Waals surface area (Å²) in [4.78, 5) is 0. The molecule has 2 atom stereocenters. The zero-order valence-electron chi connectivity index (χ0n) is 8.76. The highest BCUT2D eigenvalue weighted by Gasteiger charge is 2.27. The third-order valence-electron chi connectivity index (χ3n) is 2.50. The van der Waals surface area contributed by atoms with Crippen LogP contribution in [0.5, 0.6) is 0 Å². The molecule has 2 unspecified atom stereocenters. The van der Waals surface area contributed by atoms with E-state index in [0.717, 1.165) is 0 Å². The number of benzene rings is 1. The highest BCUT2D eigenvalue weighted by molar-refractivity contribution is 9.10. The van der Waals surface area contributed by atoms with Gasteiger partial charge in [0.2, 0.25) is 0 Å². The fourth-order valence-electron chi connectivity index (χ4n) is 1.62. The molecule has 1 aliphatic rings. The summed E-state index contributed by atoms with van der Waals surface area (Å²) in [6.45, 7) is 1.38. The van der Waals surface area contributed by atoms with Gasteiger partial charge in [-0.25, -0.2) is 4.39 Å². The molecular formula is C11H10BrCl2FO2. The average Bonchev–Trinajstić information content (AvgIpc) is 2.34. The summed E-state index contributed by atoms with van der Waals surface area (Å²) in [5, 5.41) is -0.190. The first-order valence-corrected chi connectivity index (χ1v) is 6.68. The van der Waals surface area contributed by atoms with Gasteiger partial charge in [0.25, 0.3) is 0 Å². The van der Waals surface area contributed by atoms with Crippen molar-refractivity contribution >= 4 is 39.1 Å². The van der Waals surface area contributed by atoms with Crippen LogP contribution in [-0.4, -0.2) is 25.9 Å². The number of rotatable bonds is 2. The van der Waals surface area contributed by atoms with Crippen molar-refractivity contribution in [3.63, 3.8) is 0 Å². The zero-order valence-corrected chi connectivity index (χ0v) is 11.9. The Balaban J connectivity index is 2.23. The fourth-order valence-corrected chi connectivity index (χ4v) is 2.42. The van der Waals surface area contributed by atoms with Gasteiger partial charge in [-0.3, -0.25) is 0 Å². The molecule has 1 aromatic rings. The van der Waals surface area contributed by atoms with Crippen molar-refractivity contribution < 1.29 is 13.9 Å². The van der Waals surface area contributed by atoms with E-state index in [4.69, 9.17) is 32.7 Å². The van der Waals surface area contributed by atoms with E-state index in [0.29, 0.717) is 34.9 Å². The maximum absolute atomic E-state index is 13.8. The molecule has 0 aliphatic carbocycles. The van der Waals surface area contributed by atoms with Crippen LogP contribution in [0.2, 0.25) is 5.02 Å². The molecule has 2 nitrogen and oxygen atoms in total. The molecule has 0 bridgehead atoms. The van der Waals surface area contributed by atoms with Crippen LogP contribution in [-0.2, 0) is 9.47 Å². The second kappa shape index (κ2) is 5.85. The molecule has 1 saturated heterocycles. The Morgan fingerprint density at radius 3 is 2.82 bits per heavy atom. The Hall–Kier alpha value is 0.130. The highest BCUT2D eigenvalue weighted by Crippen LogP contribution is 2.34. The van der Waals surface area contributed by atoms with Crippen LogP contribution in [0, 0.1) is 5.82 Å². The van der Waals surface area contributed by atoms with Gasteiger partial charge in [0, 0.05) is 10.0 Å².